The Balaban J connectivity index is 0.000000596. The third kappa shape index (κ3) is 4.64. The van der Waals surface area contributed by atoms with E-state index < -0.39 is 5.97 Å². The van der Waals surface area contributed by atoms with Gasteiger partial charge in [0.05, 0.1) is 5.41 Å². The summed E-state index contributed by atoms with van der Waals surface area (Å²) >= 11 is 0. The number of hydrogen-bond donors (Lipinski definition) is 0. The number of anilines is 1. The lowest BCUT2D eigenvalue weighted by Gasteiger charge is -2.15. The highest BCUT2D eigenvalue weighted by Crippen LogP contribution is 2.39. The predicted molar refractivity (Wildman–Crippen MR) is 111 cm³/mol. The molecule has 0 atom stereocenters. The highest BCUT2D eigenvalue weighted by atomic mass is 16.4. The second-order valence-corrected chi connectivity index (χ2v) is 7.40. The maximum absolute atomic E-state index is 8.89. The van der Waals surface area contributed by atoms with E-state index in [4.69, 9.17) is 9.90 Å². The second-order valence-electron chi connectivity index (χ2n) is 7.40. The average Bonchev–Trinajstić information content (AvgIpc) is 2.80. The first kappa shape index (κ1) is 20.4. The Morgan fingerprint density at radius 1 is 1.04 bits per heavy atom. The number of carbonyl (C=O) groups excluding carboxylic acids is 1. The van der Waals surface area contributed by atoms with Gasteiger partial charge in [-0.05, 0) is 44.5 Å². The summed E-state index contributed by atoms with van der Waals surface area (Å²) in [6.45, 7) is 5.56. The fourth-order valence-corrected chi connectivity index (χ4v) is 3.36. The van der Waals surface area contributed by atoms with Crippen LogP contribution in [0.1, 0.15) is 31.9 Å². The number of para-hydroxylation sites is 1. The first-order valence-electron chi connectivity index (χ1n) is 8.98. The molecule has 0 saturated heterocycles. The summed E-state index contributed by atoms with van der Waals surface area (Å²) in [5.74, 6) is -1.08. The normalized spacial score (nSPS) is 14.6. The number of carboxylic acid groups (broad SMARTS) is 1. The molecule has 0 aliphatic carbocycles. The average molecular weight is 364 g/mol. The van der Waals surface area contributed by atoms with E-state index in [2.05, 4.69) is 105 Å². The number of aliphatic carboxylic acids is 1. The van der Waals surface area contributed by atoms with Gasteiger partial charge in [-0.15, -0.1) is 0 Å². The molecule has 27 heavy (non-hydrogen) atoms. The Hall–Kier alpha value is -2.88. The van der Waals surface area contributed by atoms with Gasteiger partial charge in [0.2, 0.25) is 5.69 Å². The largest absolute Gasteiger partial charge is 0.550 e. The van der Waals surface area contributed by atoms with Crippen LogP contribution >= 0.6 is 0 Å². The van der Waals surface area contributed by atoms with Crippen molar-refractivity contribution in [3.63, 3.8) is 0 Å². The molecule has 0 fully saturated rings. The highest BCUT2D eigenvalue weighted by molar-refractivity contribution is 6.05. The minimum atomic E-state index is -1.08. The first-order chi connectivity index (χ1) is 12.6. The molecular weight excluding hydrogens is 336 g/mol. The summed E-state index contributed by atoms with van der Waals surface area (Å²) in [4.78, 5) is 11.0. The molecule has 1 aliphatic heterocycles. The second kappa shape index (κ2) is 8.21. The molecular formula is C23H28N2O2. The van der Waals surface area contributed by atoms with E-state index in [9.17, 15) is 0 Å². The van der Waals surface area contributed by atoms with Gasteiger partial charge < -0.3 is 14.8 Å². The van der Waals surface area contributed by atoms with Crippen LogP contribution in [0.15, 0.2) is 54.6 Å². The quantitative estimate of drug-likeness (QED) is 0.786. The molecule has 142 valence electrons. The van der Waals surface area contributed by atoms with Crippen LogP contribution in [0.2, 0.25) is 0 Å². The lowest BCUT2D eigenvalue weighted by atomic mass is 9.81. The molecule has 0 aromatic heterocycles. The fourth-order valence-electron chi connectivity index (χ4n) is 3.36. The Kier molecular flexibility index (Phi) is 6.21. The predicted octanol–water partition coefficient (Wildman–Crippen LogP) is 3.23. The number of carboxylic acids is 1. The van der Waals surface area contributed by atoms with Crippen LogP contribution in [-0.4, -0.2) is 37.4 Å². The van der Waals surface area contributed by atoms with Crippen LogP contribution in [-0.2, 0) is 10.2 Å². The van der Waals surface area contributed by atoms with E-state index in [-0.39, 0.29) is 5.41 Å². The van der Waals surface area contributed by atoms with Gasteiger partial charge in [-0.25, -0.2) is 0 Å². The number of hydrogen-bond acceptors (Lipinski definition) is 3. The van der Waals surface area contributed by atoms with E-state index in [1.54, 1.807) is 0 Å². The monoisotopic (exact) mass is 364 g/mol. The molecule has 0 N–H and O–H groups in total. The lowest BCUT2D eigenvalue weighted by Crippen LogP contribution is -2.26. The zero-order valence-corrected chi connectivity index (χ0v) is 17.0. The number of fused-ring (bicyclic) bond motifs is 1. The number of nitrogens with zero attached hydrogens (tertiary/aromatic N) is 2. The van der Waals surface area contributed by atoms with Gasteiger partial charge in [-0.1, -0.05) is 30.3 Å². The molecule has 3 rings (SSSR count). The summed E-state index contributed by atoms with van der Waals surface area (Å²) in [7, 11) is 6.28. The van der Waals surface area contributed by atoms with E-state index in [0.29, 0.717) is 0 Å². The van der Waals surface area contributed by atoms with E-state index >= 15 is 0 Å². The lowest BCUT2D eigenvalue weighted by molar-refractivity contribution is -0.401. The Labute approximate surface area is 162 Å². The molecule has 0 bridgehead atoms. The van der Waals surface area contributed by atoms with Crippen LogP contribution < -0.4 is 10.0 Å². The smallest absolute Gasteiger partial charge is 0.209 e. The highest BCUT2D eigenvalue weighted by Gasteiger charge is 2.42. The molecule has 0 radical (unpaired) electrons. The van der Waals surface area contributed by atoms with Crippen molar-refractivity contribution in [1.29, 1.82) is 0 Å². The molecule has 4 heteroatoms. The Morgan fingerprint density at radius 2 is 1.59 bits per heavy atom. The first-order valence-corrected chi connectivity index (χ1v) is 8.98. The van der Waals surface area contributed by atoms with Crippen LogP contribution in [0, 0.1) is 0 Å². The number of benzene rings is 2. The maximum Gasteiger partial charge on any atom is 0.209 e. The van der Waals surface area contributed by atoms with Gasteiger partial charge in [0.15, 0.2) is 5.71 Å². The summed E-state index contributed by atoms with van der Waals surface area (Å²) in [6, 6.07) is 17.3. The minimum Gasteiger partial charge on any atom is -0.550 e. The third-order valence-corrected chi connectivity index (χ3v) is 4.78. The molecule has 0 saturated carbocycles. The zero-order valence-electron chi connectivity index (χ0n) is 17.0. The summed E-state index contributed by atoms with van der Waals surface area (Å²) in [6.07, 6.45) is 4.46. The zero-order chi connectivity index (χ0) is 20.2. The molecule has 4 nitrogen and oxygen atoms in total. The van der Waals surface area contributed by atoms with Gasteiger partial charge >= 0.3 is 0 Å². The van der Waals surface area contributed by atoms with Crippen molar-refractivity contribution < 1.29 is 14.5 Å². The Bertz CT molecular complexity index is 872. The standard InChI is InChI=1S/C21H25N2.C2H4O2/c1-21(2)18-8-6-7-9-19(18)23(5)20(21)15-12-16-10-13-17(14-11-16)22(3)4;1-2(3)4/h6-15H,1-5H3;1H3,(H,3,4)/q+1;/p-1. The SMILES string of the molecule is CC(=O)[O-].CN(C)c1ccc(/C=C/C2=[N+](C)c3ccccc3C2(C)C)cc1. The van der Waals surface area contributed by atoms with Crippen molar-refractivity contribution in [3.05, 3.63) is 65.7 Å². The van der Waals surface area contributed by atoms with E-state index in [1.807, 2.05) is 0 Å². The van der Waals surface area contributed by atoms with Crippen molar-refractivity contribution in [3.8, 4) is 0 Å². The summed E-state index contributed by atoms with van der Waals surface area (Å²) in [5.41, 5.74) is 6.51. The summed E-state index contributed by atoms with van der Waals surface area (Å²) < 4.78 is 2.31. The van der Waals surface area contributed by atoms with Crippen LogP contribution in [0.5, 0.6) is 0 Å². The van der Waals surface area contributed by atoms with E-state index in [1.165, 1.54) is 28.2 Å². The van der Waals surface area contributed by atoms with Crippen molar-refractivity contribution in [2.75, 3.05) is 26.0 Å². The van der Waals surface area contributed by atoms with Crippen molar-refractivity contribution in [2.24, 2.45) is 0 Å². The molecule has 2 aromatic rings. The van der Waals surface area contributed by atoms with Gasteiger partial charge in [0.1, 0.15) is 7.05 Å². The number of allylic oxidation sites excluding steroid dienone is 1. The molecule has 0 spiro atoms. The third-order valence-electron chi connectivity index (χ3n) is 4.78. The van der Waals surface area contributed by atoms with Crippen molar-refractivity contribution in [1.82, 2.24) is 0 Å². The maximum atomic E-state index is 8.89. The van der Waals surface area contributed by atoms with Gasteiger partial charge in [0.25, 0.3) is 0 Å². The fraction of sp³-hybridized carbons (Fsp3) is 0.304. The van der Waals surface area contributed by atoms with Gasteiger partial charge in [-0.3, -0.25) is 0 Å². The van der Waals surface area contributed by atoms with Crippen LogP contribution in [0.25, 0.3) is 6.08 Å². The number of rotatable bonds is 3. The number of carbonyl (C=O) groups is 1. The Morgan fingerprint density at radius 3 is 2.11 bits per heavy atom. The van der Waals surface area contributed by atoms with Gasteiger partial charge in [-0.2, -0.15) is 4.58 Å². The molecule has 0 amide bonds. The topological polar surface area (TPSA) is 46.4 Å². The summed E-state index contributed by atoms with van der Waals surface area (Å²) in [5, 5.41) is 8.89. The van der Waals surface area contributed by atoms with Crippen molar-refractivity contribution >= 4 is 29.1 Å². The van der Waals surface area contributed by atoms with Crippen LogP contribution in [0.4, 0.5) is 11.4 Å². The van der Waals surface area contributed by atoms with E-state index in [0.717, 1.165) is 6.92 Å². The molecule has 0 unspecified atom stereocenters. The molecule has 1 heterocycles. The minimum absolute atomic E-state index is 0.0332. The molecule has 2 aromatic carbocycles. The molecule has 1 aliphatic rings. The van der Waals surface area contributed by atoms with Crippen molar-refractivity contribution in [2.45, 2.75) is 26.2 Å². The van der Waals surface area contributed by atoms with Crippen LogP contribution in [0.3, 0.4) is 0 Å². The van der Waals surface area contributed by atoms with Gasteiger partial charge in [0, 0.05) is 43.5 Å².